The molecule has 0 unspecified atom stereocenters. The van der Waals surface area contributed by atoms with Gasteiger partial charge in [-0.15, -0.1) is 0 Å². The Kier molecular flexibility index (Phi) is 3.65. The van der Waals surface area contributed by atoms with Gasteiger partial charge in [-0.1, -0.05) is 29.8 Å². The molecule has 1 aromatic heterocycles. The number of aromatic amines is 1. The molecule has 0 atom stereocenters. The molecule has 1 fully saturated rings. The molecule has 2 heterocycles. The van der Waals surface area contributed by atoms with Crippen LogP contribution in [-0.2, 0) is 0 Å². The van der Waals surface area contributed by atoms with E-state index in [0.717, 1.165) is 18.1 Å². The van der Waals surface area contributed by atoms with E-state index in [9.17, 15) is 0 Å². The summed E-state index contributed by atoms with van der Waals surface area (Å²) < 4.78 is 0. The minimum Gasteiger partial charge on any atom is -0.361 e. The molecule has 0 aliphatic carbocycles. The lowest BCUT2D eigenvalue weighted by Gasteiger charge is -2.22. The van der Waals surface area contributed by atoms with E-state index in [0.29, 0.717) is 5.92 Å². The van der Waals surface area contributed by atoms with Crippen LogP contribution in [-0.4, -0.2) is 18.1 Å². The van der Waals surface area contributed by atoms with Crippen molar-refractivity contribution in [3.63, 3.8) is 0 Å². The molecule has 2 aromatic carbocycles. The first-order chi connectivity index (χ1) is 10.8. The van der Waals surface area contributed by atoms with Crippen LogP contribution in [0.1, 0.15) is 24.3 Å². The van der Waals surface area contributed by atoms with E-state index < -0.39 is 0 Å². The third-order valence-electron chi connectivity index (χ3n) is 4.67. The van der Waals surface area contributed by atoms with Crippen LogP contribution in [0, 0.1) is 0 Å². The number of nitrogens with one attached hydrogen (secondary N) is 2. The number of piperidine rings is 1. The molecule has 1 aliphatic heterocycles. The average Bonchev–Trinajstić information content (AvgIpc) is 2.99. The fourth-order valence-electron chi connectivity index (χ4n) is 3.43. The third-order valence-corrected chi connectivity index (χ3v) is 4.92. The van der Waals surface area contributed by atoms with E-state index in [4.69, 9.17) is 11.6 Å². The van der Waals surface area contributed by atoms with Crippen LogP contribution in [0.4, 0.5) is 0 Å². The molecule has 0 bridgehead atoms. The lowest BCUT2D eigenvalue weighted by atomic mass is 9.89. The molecule has 3 aromatic rings. The summed E-state index contributed by atoms with van der Waals surface area (Å²) in [6.45, 7) is 2.24. The molecular weight excluding hydrogens is 292 g/mol. The monoisotopic (exact) mass is 310 g/mol. The van der Waals surface area contributed by atoms with Crippen molar-refractivity contribution < 1.29 is 0 Å². The van der Waals surface area contributed by atoms with Gasteiger partial charge in [0.2, 0.25) is 0 Å². The molecule has 3 heteroatoms. The number of hydrogen-bond acceptors (Lipinski definition) is 1. The van der Waals surface area contributed by atoms with Crippen molar-refractivity contribution in [1.29, 1.82) is 0 Å². The van der Waals surface area contributed by atoms with Crippen LogP contribution in [0.2, 0.25) is 5.02 Å². The Hall–Kier alpha value is -1.77. The first-order valence-electron chi connectivity index (χ1n) is 7.89. The second kappa shape index (κ2) is 5.79. The highest BCUT2D eigenvalue weighted by molar-refractivity contribution is 6.30. The summed E-state index contributed by atoms with van der Waals surface area (Å²) in [5.74, 6) is 0.662. The highest BCUT2D eigenvalue weighted by Crippen LogP contribution is 2.34. The van der Waals surface area contributed by atoms with Crippen LogP contribution in [0.5, 0.6) is 0 Å². The third kappa shape index (κ3) is 2.53. The largest absolute Gasteiger partial charge is 0.361 e. The number of rotatable bonds is 2. The predicted octanol–water partition coefficient (Wildman–Crippen LogP) is 4.96. The maximum atomic E-state index is 5.99. The number of fused-ring (bicyclic) bond motifs is 1. The van der Waals surface area contributed by atoms with Gasteiger partial charge >= 0.3 is 0 Å². The average molecular weight is 311 g/mol. The summed E-state index contributed by atoms with van der Waals surface area (Å²) >= 11 is 5.99. The number of aromatic nitrogens is 1. The molecule has 0 spiro atoms. The SMILES string of the molecule is Clc1ccc(-c2ccc3[nH]cc(C4CCNCC4)c3c2)cc1. The first kappa shape index (κ1) is 13.9. The van der Waals surface area contributed by atoms with Gasteiger partial charge in [0.05, 0.1) is 0 Å². The molecule has 112 valence electrons. The highest BCUT2D eigenvalue weighted by Gasteiger charge is 2.18. The molecule has 1 saturated heterocycles. The normalized spacial score (nSPS) is 16.2. The zero-order valence-electron chi connectivity index (χ0n) is 12.4. The quantitative estimate of drug-likeness (QED) is 0.688. The summed E-state index contributed by atoms with van der Waals surface area (Å²) in [5, 5.41) is 5.58. The number of halogens is 1. The standard InChI is InChI=1S/C19H19ClN2/c20-16-4-1-13(2-5-16)15-3-6-19-17(11-15)18(12-22-19)14-7-9-21-10-8-14/h1-6,11-12,14,21-22H,7-10H2. The van der Waals surface area contributed by atoms with Crippen LogP contribution < -0.4 is 5.32 Å². The summed E-state index contributed by atoms with van der Waals surface area (Å²) in [5.41, 5.74) is 5.15. The molecule has 0 amide bonds. The van der Waals surface area contributed by atoms with E-state index >= 15 is 0 Å². The fourth-order valence-corrected chi connectivity index (χ4v) is 3.56. The Morgan fingerprint density at radius 2 is 1.64 bits per heavy atom. The molecule has 2 nitrogen and oxygen atoms in total. The van der Waals surface area contributed by atoms with Crippen molar-refractivity contribution in [2.24, 2.45) is 0 Å². The van der Waals surface area contributed by atoms with Gasteiger partial charge in [-0.05, 0) is 72.8 Å². The molecule has 22 heavy (non-hydrogen) atoms. The van der Waals surface area contributed by atoms with Crippen molar-refractivity contribution in [1.82, 2.24) is 10.3 Å². The van der Waals surface area contributed by atoms with Crippen LogP contribution in [0.15, 0.2) is 48.7 Å². The highest BCUT2D eigenvalue weighted by atomic mass is 35.5. The zero-order chi connectivity index (χ0) is 14.9. The lowest BCUT2D eigenvalue weighted by Crippen LogP contribution is -2.26. The van der Waals surface area contributed by atoms with E-state index in [1.807, 2.05) is 12.1 Å². The van der Waals surface area contributed by atoms with E-state index in [2.05, 4.69) is 46.8 Å². The lowest BCUT2D eigenvalue weighted by molar-refractivity contribution is 0.462. The van der Waals surface area contributed by atoms with Gasteiger partial charge in [0.15, 0.2) is 0 Å². The maximum Gasteiger partial charge on any atom is 0.0457 e. The molecule has 0 saturated carbocycles. The van der Waals surface area contributed by atoms with Gasteiger partial charge in [0, 0.05) is 22.1 Å². The maximum absolute atomic E-state index is 5.99. The fraction of sp³-hybridized carbons (Fsp3) is 0.263. The van der Waals surface area contributed by atoms with Gasteiger partial charge in [0.25, 0.3) is 0 Å². The van der Waals surface area contributed by atoms with Gasteiger partial charge in [-0.25, -0.2) is 0 Å². The Labute approximate surface area is 135 Å². The van der Waals surface area contributed by atoms with Crippen LogP contribution >= 0.6 is 11.6 Å². The van der Waals surface area contributed by atoms with Gasteiger partial charge in [-0.3, -0.25) is 0 Å². The molecule has 4 rings (SSSR count). The predicted molar refractivity (Wildman–Crippen MR) is 93.6 cm³/mol. The number of hydrogen-bond donors (Lipinski definition) is 2. The minimum atomic E-state index is 0.662. The summed E-state index contributed by atoms with van der Waals surface area (Å²) in [6.07, 6.45) is 4.64. The summed E-state index contributed by atoms with van der Waals surface area (Å²) in [4.78, 5) is 3.43. The van der Waals surface area contributed by atoms with Crippen molar-refractivity contribution in [2.75, 3.05) is 13.1 Å². The van der Waals surface area contributed by atoms with Gasteiger partial charge < -0.3 is 10.3 Å². The zero-order valence-corrected chi connectivity index (χ0v) is 13.2. The van der Waals surface area contributed by atoms with Crippen molar-refractivity contribution >= 4 is 22.5 Å². The van der Waals surface area contributed by atoms with E-state index in [-0.39, 0.29) is 0 Å². The molecule has 0 radical (unpaired) electrons. The number of benzene rings is 2. The Bertz CT molecular complexity index is 783. The van der Waals surface area contributed by atoms with Gasteiger partial charge in [0.1, 0.15) is 0 Å². The molecular formula is C19H19ClN2. The second-order valence-corrected chi connectivity index (χ2v) is 6.47. The van der Waals surface area contributed by atoms with Crippen LogP contribution in [0.3, 0.4) is 0 Å². The van der Waals surface area contributed by atoms with Crippen LogP contribution in [0.25, 0.3) is 22.0 Å². The van der Waals surface area contributed by atoms with Crippen molar-refractivity contribution in [2.45, 2.75) is 18.8 Å². The Balaban J connectivity index is 1.77. The second-order valence-electron chi connectivity index (χ2n) is 6.04. The van der Waals surface area contributed by atoms with E-state index in [1.165, 1.54) is 40.4 Å². The Morgan fingerprint density at radius 1 is 0.909 bits per heavy atom. The van der Waals surface area contributed by atoms with Gasteiger partial charge in [-0.2, -0.15) is 0 Å². The minimum absolute atomic E-state index is 0.662. The first-order valence-corrected chi connectivity index (χ1v) is 8.27. The topological polar surface area (TPSA) is 27.8 Å². The van der Waals surface area contributed by atoms with E-state index in [1.54, 1.807) is 0 Å². The summed E-state index contributed by atoms with van der Waals surface area (Å²) in [6, 6.07) is 14.7. The summed E-state index contributed by atoms with van der Waals surface area (Å²) in [7, 11) is 0. The number of H-pyrrole nitrogens is 1. The van der Waals surface area contributed by atoms with Crippen molar-refractivity contribution in [3.05, 3.63) is 59.2 Å². The molecule has 2 N–H and O–H groups in total. The Morgan fingerprint density at radius 3 is 2.41 bits per heavy atom. The molecule has 1 aliphatic rings. The smallest absolute Gasteiger partial charge is 0.0457 e. The van der Waals surface area contributed by atoms with Crippen molar-refractivity contribution in [3.8, 4) is 11.1 Å².